The molecule has 1 aromatic rings. The van der Waals surface area contributed by atoms with Crippen LogP contribution in [0.1, 0.15) is 59.1 Å². The van der Waals surface area contributed by atoms with Crippen LogP contribution in [0.2, 0.25) is 0 Å². The van der Waals surface area contributed by atoms with E-state index < -0.39 is 0 Å². The van der Waals surface area contributed by atoms with Crippen molar-refractivity contribution in [3.05, 3.63) is 35.9 Å². The monoisotopic (exact) mass is 247 g/mol. The molecule has 0 saturated carbocycles. The molecule has 0 amide bonds. The summed E-state index contributed by atoms with van der Waals surface area (Å²) in [5.41, 5.74) is 1.08. The lowest BCUT2D eigenvalue weighted by atomic mass is 10.0. The third kappa shape index (κ3) is 5.35. The molecule has 0 aliphatic carbocycles. The van der Waals surface area contributed by atoms with Gasteiger partial charge in [-0.3, -0.25) is 0 Å². The highest BCUT2D eigenvalue weighted by Crippen LogP contribution is 2.23. The van der Waals surface area contributed by atoms with Crippen molar-refractivity contribution < 1.29 is 4.74 Å². The lowest BCUT2D eigenvalue weighted by Gasteiger charge is -2.22. The molecule has 1 unspecified atom stereocenters. The van der Waals surface area contributed by atoms with Gasteiger partial charge in [0.05, 0.1) is 6.04 Å². The zero-order valence-corrected chi connectivity index (χ0v) is 12.2. The summed E-state index contributed by atoms with van der Waals surface area (Å²) in [6, 6.07) is 10.6. The van der Waals surface area contributed by atoms with Crippen LogP contribution in [0.25, 0.3) is 0 Å². The molecule has 0 aromatic heterocycles. The largest absolute Gasteiger partial charge is 0.476 e. The molecule has 0 aliphatic heterocycles. The van der Waals surface area contributed by atoms with Crippen molar-refractivity contribution in [2.75, 3.05) is 0 Å². The molecule has 100 valence electrons. The van der Waals surface area contributed by atoms with Gasteiger partial charge in [0.25, 0.3) is 0 Å². The normalized spacial score (nSPS) is 14.4. The van der Waals surface area contributed by atoms with Crippen molar-refractivity contribution in [3.8, 4) is 0 Å². The van der Waals surface area contributed by atoms with Gasteiger partial charge in [0.1, 0.15) is 5.60 Å². The molecular formula is C16H25NO. The fraction of sp³-hybridized carbons (Fsp3) is 0.562. The van der Waals surface area contributed by atoms with Crippen LogP contribution in [0.15, 0.2) is 35.3 Å². The second-order valence-electron chi connectivity index (χ2n) is 5.58. The Morgan fingerprint density at radius 2 is 1.83 bits per heavy atom. The number of hydrogen-bond acceptors (Lipinski definition) is 2. The zero-order chi connectivity index (χ0) is 13.6. The number of hydrogen-bond donors (Lipinski definition) is 0. The van der Waals surface area contributed by atoms with Crippen LogP contribution in [-0.2, 0) is 4.74 Å². The minimum Gasteiger partial charge on any atom is -0.476 e. The molecule has 0 radical (unpaired) electrons. The van der Waals surface area contributed by atoms with Crippen LogP contribution < -0.4 is 0 Å². The summed E-state index contributed by atoms with van der Waals surface area (Å²) in [5, 5.41) is 0. The van der Waals surface area contributed by atoms with Crippen molar-refractivity contribution in [1.29, 1.82) is 0 Å². The van der Waals surface area contributed by atoms with Gasteiger partial charge in [-0.2, -0.15) is 0 Å². The van der Waals surface area contributed by atoms with Gasteiger partial charge in [0.2, 0.25) is 0 Å². The van der Waals surface area contributed by atoms with E-state index in [4.69, 9.17) is 9.73 Å². The number of benzene rings is 1. The van der Waals surface area contributed by atoms with E-state index in [0.717, 1.165) is 18.7 Å². The van der Waals surface area contributed by atoms with Gasteiger partial charge < -0.3 is 4.74 Å². The summed E-state index contributed by atoms with van der Waals surface area (Å²) < 4.78 is 5.79. The Balaban J connectivity index is 2.83. The summed E-state index contributed by atoms with van der Waals surface area (Å²) in [7, 11) is 0. The Bertz CT molecular complexity index is 376. The topological polar surface area (TPSA) is 21.6 Å². The van der Waals surface area contributed by atoms with Crippen LogP contribution in [0.4, 0.5) is 0 Å². The molecule has 0 spiro atoms. The van der Waals surface area contributed by atoms with E-state index >= 15 is 0 Å². The third-order valence-corrected chi connectivity index (χ3v) is 2.54. The molecule has 1 atom stereocenters. The van der Waals surface area contributed by atoms with Gasteiger partial charge in [-0.05, 0) is 32.8 Å². The molecule has 0 heterocycles. The average Bonchev–Trinajstić information content (AvgIpc) is 2.27. The minimum atomic E-state index is -0.180. The van der Waals surface area contributed by atoms with Crippen molar-refractivity contribution in [1.82, 2.24) is 0 Å². The van der Waals surface area contributed by atoms with E-state index in [2.05, 4.69) is 31.2 Å². The third-order valence-electron chi connectivity index (χ3n) is 2.54. The summed E-state index contributed by atoms with van der Waals surface area (Å²) in [6.07, 6.45) is 2.17. The van der Waals surface area contributed by atoms with Gasteiger partial charge in [0.15, 0.2) is 5.90 Å². The Morgan fingerprint density at radius 1 is 1.22 bits per heavy atom. The maximum absolute atomic E-state index is 5.79. The molecule has 0 fully saturated rings. The van der Waals surface area contributed by atoms with Crippen molar-refractivity contribution in [2.45, 2.75) is 59.1 Å². The van der Waals surface area contributed by atoms with E-state index in [-0.39, 0.29) is 11.6 Å². The molecule has 2 nitrogen and oxygen atoms in total. The van der Waals surface area contributed by atoms with Crippen LogP contribution in [0, 0.1) is 0 Å². The van der Waals surface area contributed by atoms with Gasteiger partial charge in [-0.1, -0.05) is 43.7 Å². The molecule has 0 N–H and O–H groups in total. The van der Waals surface area contributed by atoms with Gasteiger partial charge >= 0.3 is 0 Å². The van der Waals surface area contributed by atoms with Crippen molar-refractivity contribution in [2.24, 2.45) is 4.99 Å². The quantitative estimate of drug-likeness (QED) is 0.555. The fourth-order valence-corrected chi connectivity index (χ4v) is 1.94. The number of nitrogens with zero attached hydrogens (tertiary/aromatic N) is 1. The first-order valence-corrected chi connectivity index (χ1v) is 6.70. The lowest BCUT2D eigenvalue weighted by Crippen LogP contribution is -2.22. The van der Waals surface area contributed by atoms with E-state index in [9.17, 15) is 0 Å². The highest BCUT2D eigenvalue weighted by molar-refractivity contribution is 5.73. The first-order valence-electron chi connectivity index (χ1n) is 6.70. The Kier molecular flexibility index (Phi) is 5.39. The maximum atomic E-state index is 5.79. The van der Waals surface area contributed by atoms with Crippen LogP contribution in [0.5, 0.6) is 0 Å². The SMILES string of the molecule is CCCC(N=C(C)OC(C)(C)C)c1ccccc1. The standard InChI is InChI=1S/C16H25NO/c1-6-10-15(14-11-8-7-9-12-14)17-13(2)18-16(3,4)5/h7-9,11-12,15H,6,10H2,1-5H3. The zero-order valence-electron chi connectivity index (χ0n) is 12.2. The average molecular weight is 247 g/mol. The van der Waals surface area contributed by atoms with E-state index in [1.165, 1.54) is 5.56 Å². The van der Waals surface area contributed by atoms with E-state index in [1.54, 1.807) is 0 Å². The second kappa shape index (κ2) is 6.58. The first kappa shape index (κ1) is 14.7. The van der Waals surface area contributed by atoms with E-state index in [0.29, 0.717) is 0 Å². The molecule has 18 heavy (non-hydrogen) atoms. The highest BCUT2D eigenvalue weighted by Gasteiger charge is 2.14. The highest BCUT2D eigenvalue weighted by atomic mass is 16.5. The molecule has 1 aromatic carbocycles. The summed E-state index contributed by atoms with van der Waals surface area (Å²) in [4.78, 5) is 4.72. The molecule has 1 rings (SSSR count). The summed E-state index contributed by atoms with van der Waals surface area (Å²) in [6.45, 7) is 10.3. The molecular weight excluding hydrogens is 222 g/mol. The predicted octanol–water partition coefficient (Wildman–Crippen LogP) is 4.76. The van der Waals surface area contributed by atoms with E-state index in [1.807, 2.05) is 33.8 Å². The van der Waals surface area contributed by atoms with Gasteiger partial charge in [-0.25, -0.2) is 4.99 Å². The van der Waals surface area contributed by atoms with Crippen molar-refractivity contribution >= 4 is 5.90 Å². The van der Waals surface area contributed by atoms with Crippen LogP contribution in [0.3, 0.4) is 0 Å². The maximum Gasteiger partial charge on any atom is 0.181 e. The Hall–Kier alpha value is -1.31. The van der Waals surface area contributed by atoms with Gasteiger partial charge in [0, 0.05) is 6.92 Å². The van der Waals surface area contributed by atoms with Gasteiger partial charge in [-0.15, -0.1) is 0 Å². The molecule has 0 saturated heterocycles. The van der Waals surface area contributed by atoms with Crippen molar-refractivity contribution in [3.63, 3.8) is 0 Å². The summed E-state index contributed by atoms with van der Waals surface area (Å²) >= 11 is 0. The predicted molar refractivity (Wildman–Crippen MR) is 78.0 cm³/mol. The second-order valence-corrected chi connectivity index (χ2v) is 5.58. The summed E-state index contributed by atoms with van der Waals surface area (Å²) in [5.74, 6) is 0.768. The Labute approximate surface area is 111 Å². The Morgan fingerprint density at radius 3 is 2.33 bits per heavy atom. The molecule has 2 heteroatoms. The first-order chi connectivity index (χ1) is 8.42. The molecule has 0 bridgehead atoms. The fourth-order valence-electron chi connectivity index (χ4n) is 1.94. The lowest BCUT2D eigenvalue weighted by molar-refractivity contribution is 0.114. The van der Waals surface area contributed by atoms with Crippen LogP contribution in [-0.4, -0.2) is 11.5 Å². The molecule has 0 aliphatic rings. The number of aliphatic imine (C=N–C) groups is 1. The number of ether oxygens (including phenoxy) is 1. The minimum absolute atomic E-state index is 0.180. The number of rotatable bonds is 4. The van der Waals surface area contributed by atoms with Crippen LogP contribution >= 0.6 is 0 Å². The smallest absolute Gasteiger partial charge is 0.181 e.